The van der Waals surface area contributed by atoms with E-state index in [4.69, 9.17) is 11.6 Å². The molecule has 0 bridgehead atoms. The molecule has 0 radical (unpaired) electrons. The fraction of sp³-hybridized carbons (Fsp3) is 0.438. The number of aliphatic imine (C=N–C) groups is 1. The summed E-state index contributed by atoms with van der Waals surface area (Å²) in [6.45, 7) is 0.329. The summed E-state index contributed by atoms with van der Waals surface area (Å²) in [5, 5.41) is 11.3. The summed E-state index contributed by atoms with van der Waals surface area (Å²) in [6.07, 6.45) is -0.647. The molecule has 140 valence electrons. The van der Waals surface area contributed by atoms with Gasteiger partial charge in [0.1, 0.15) is 0 Å². The summed E-state index contributed by atoms with van der Waals surface area (Å²) in [5.74, 6) is -1.84. The number of thioether (sulfide) groups is 1. The second-order valence-corrected chi connectivity index (χ2v) is 9.95. The number of hydrogen-bond acceptors (Lipinski definition) is 6. The van der Waals surface area contributed by atoms with E-state index in [1.54, 1.807) is 17.0 Å². The van der Waals surface area contributed by atoms with Crippen LogP contribution < -0.4 is 5.11 Å². The van der Waals surface area contributed by atoms with Crippen molar-refractivity contribution < 1.29 is 23.1 Å². The molecule has 2 aliphatic rings. The van der Waals surface area contributed by atoms with Crippen LogP contribution in [0.2, 0.25) is 5.02 Å². The predicted octanol–water partition coefficient (Wildman–Crippen LogP) is 0.467. The van der Waals surface area contributed by atoms with Gasteiger partial charge in [-0.25, -0.2) is 8.42 Å². The first kappa shape index (κ1) is 19.2. The van der Waals surface area contributed by atoms with E-state index in [1.807, 2.05) is 12.1 Å². The minimum absolute atomic E-state index is 0.00136. The van der Waals surface area contributed by atoms with Crippen molar-refractivity contribution in [3.8, 4) is 0 Å². The first-order valence-electron chi connectivity index (χ1n) is 7.93. The third kappa shape index (κ3) is 4.39. The number of aliphatic carboxylic acids is 1. The van der Waals surface area contributed by atoms with Gasteiger partial charge in [0.25, 0.3) is 0 Å². The van der Waals surface area contributed by atoms with Gasteiger partial charge >= 0.3 is 0 Å². The number of hydrogen-bond donors (Lipinski definition) is 0. The molecule has 7 nitrogen and oxygen atoms in total. The van der Waals surface area contributed by atoms with Crippen molar-refractivity contribution in [1.29, 1.82) is 0 Å². The average Bonchev–Trinajstić information content (AvgIpc) is 3.00. The number of carboxylic acid groups (broad SMARTS) is 1. The molecule has 1 amide bonds. The fourth-order valence-corrected chi connectivity index (χ4v) is 7.17. The topological polar surface area (TPSA) is 107 Å². The lowest BCUT2D eigenvalue weighted by atomic mass is 10.1. The highest BCUT2D eigenvalue weighted by atomic mass is 35.5. The zero-order valence-electron chi connectivity index (χ0n) is 13.6. The molecule has 0 saturated carbocycles. The van der Waals surface area contributed by atoms with Crippen molar-refractivity contribution >= 4 is 50.2 Å². The molecule has 0 aromatic heterocycles. The first-order chi connectivity index (χ1) is 12.2. The van der Waals surface area contributed by atoms with Crippen LogP contribution in [0.3, 0.4) is 0 Å². The lowest BCUT2D eigenvalue weighted by molar-refractivity contribution is -0.305. The van der Waals surface area contributed by atoms with Crippen molar-refractivity contribution in [2.75, 3.05) is 11.5 Å². The van der Waals surface area contributed by atoms with Gasteiger partial charge in [-0.2, -0.15) is 4.99 Å². The number of fused-ring (bicyclic) bond motifs is 1. The SMILES string of the molecule is O=C([O-])CCC(=O)N=C1S[C@@H]2CS(=O)(=O)C[C@@H]2N1Cc1ccccc1Cl. The van der Waals surface area contributed by atoms with Crippen LogP contribution in [0.4, 0.5) is 0 Å². The van der Waals surface area contributed by atoms with E-state index >= 15 is 0 Å². The van der Waals surface area contributed by atoms with Crippen LogP contribution in [0.1, 0.15) is 18.4 Å². The molecule has 2 atom stereocenters. The molecule has 2 saturated heterocycles. The number of carbonyl (C=O) groups is 2. The van der Waals surface area contributed by atoms with Crippen LogP contribution >= 0.6 is 23.4 Å². The quantitative estimate of drug-likeness (QED) is 0.687. The number of sulfone groups is 1. The second-order valence-electron chi connectivity index (χ2n) is 6.18. The molecule has 3 rings (SSSR count). The number of rotatable bonds is 5. The molecule has 2 fully saturated rings. The van der Waals surface area contributed by atoms with Gasteiger partial charge in [0.2, 0.25) is 5.91 Å². The number of amidine groups is 1. The maximum absolute atomic E-state index is 12.0. The smallest absolute Gasteiger partial charge is 0.248 e. The van der Waals surface area contributed by atoms with Gasteiger partial charge in [0.15, 0.2) is 15.0 Å². The molecule has 1 aromatic carbocycles. The van der Waals surface area contributed by atoms with E-state index in [2.05, 4.69) is 4.99 Å². The molecule has 1 aromatic rings. The normalized spacial score (nSPS) is 25.4. The lowest BCUT2D eigenvalue weighted by Crippen LogP contribution is -2.37. The average molecular weight is 416 g/mol. The molecule has 26 heavy (non-hydrogen) atoms. The molecule has 10 heteroatoms. The third-order valence-electron chi connectivity index (χ3n) is 4.24. The molecule has 2 heterocycles. The highest BCUT2D eigenvalue weighted by Crippen LogP contribution is 2.39. The molecule has 0 N–H and O–H groups in total. The monoisotopic (exact) mass is 415 g/mol. The van der Waals surface area contributed by atoms with Crippen molar-refractivity contribution in [3.05, 3.63) is 34.9 Å². The second kappa shape index (κ2) is 7.58. The van der Waals surface area contributed by atoms with Crippen LogP contribution in [0.15, 0.2) is 29.3 Å². The van der Waals surface area contributed by atoms with E-state index in [1.165, 1.54) is 11.8 Å². The number of nitrogens with zero attached hydrogens (tertiary/aromatic N) is 2. The van der Waals surface area contributed by atoms with Crippen LogP contribution in [0.5, 0.6) is 0 Å². The molecule has 2 aliphatic heterocycles. The van der Waals surface area contributed by atoms with Gasteiger partial charge in [-0.1, -0.05) is 41.6 Å². The molecular weight excluding hydrogens is 400 g/mol. The van der Waals surface area contributed by atoms with Crippen LogP contribution in [0, 0.1) is 0 Å². The van der Waals surface area contributed by atoms with Gasteiger partial charge in [-0.3, -0.25) is 4.79 Å². The highest BCUT2D eigenvalue weighted by Gasteiger charge is 2.48. The van der Waals surface area contributed by atoms with Crippen molar-refractivity contribution in [1.82, 2.24) is 4.90 Å². The molecular formula is C16H16ClN2O5S2-. The van der Waals surface area contributed by atoms with Gasteiger partial charge in [-0.15, -0.1) is 0 Å². The minimum atomic E-state index is -3.14. The fourth-order valence-electron chi connectivity index (χ4n) is 3.00. The molecule has 0 aliphatic carbocycles. The zero-order valence-corrected chi connectivity index (χ0v) is 16.0. The van der Waals surface area contributed by atoms with Crippen LogP contribution in [0.25, 0.3) is 0 Å². The Morgan fingerprint density at radius 1 is 1.27 bits per heavy atom. The number of carboxylic acids is 1. The minimum Gasteiger partial charge on any atom is -0.550 e. The summed E-state index contributed by atoms with van der Waals surface area (Å²) in [7, 11) is -3.14. The predicted molar refractivity (Wildman–Crippen MR) is 97.5 cm³/mol. The standard InChI is InChI=1S/C16H17ClN2O5S2/c17-11-4-2-1-3-10(11)7-19-12-8-26(23,24)9-13(12)25-16(19)18-14(20)5-6-15(21)22/h1-4,12-13H,5-9H2,(H,21,22)/p-1/t12-,13+/m0/s1. The first-order valence-corrected chi connectivity index (χ1v) is 11.0. The van der Waals surface area contributed by atoms with Crippen LogP contribution in [-0.4, -0.2) is 53.2 Å². The van der Waals surface area contributed by atoms with Crippen LogP contribution in [-0.2, 0) is 26.0 Å². The maximum Gasteiger partial charge on any atom is 0.248 e. The summed E-state index contributed by atoms with van der Waals surface area (Å²) in [6, 6.07) is 6.92. The Morgan fingerprint density at radius 3 is 2.69 bits per heavy atom. The van der Waals surface area contributed by atoms with E-state index in [0.717, 1.165) is 5.56 Å². The van der Waals surface area contributed by atoms with Gasteiger partial charge in [0, 0.05) is 29.2 Å². The van der Waals surface area contributed by atoms with Crippen molar-refractivity contribution in [2.24, 2.45) is 4.99 Å². The summed E-state index contributed by atoms with van der Waals surface area (Å²) >= 11 is 7.46. The Balaban J connectivity index is 1.85. The van der Waals surface area contributed by atoms with Gasteiger partial charge in [-0.05, 0) is 18.1 Å². The van der Waals surface area contributed by atoms with Gasteiger partial charge < -0.3 is 14.8 Å². The van der Waals surface area contributed by atoms with Crippen molar-refractivity contribution in [2.45, 2.75) is 30.7 Å². The third-order valence-corrected chi connectivity index (χ3v) is 7.85. The molecule has 0 unspecified atom stereocenters. The number of benzene rings is 1. The highest BCUT2D eigenvalue weighted by molar-refractivity contribution is 8.15. The largest absolute Gasteiger partial charge is 0.550 e. The van der Waals surface area contributed by atoms with E-state index in [9.17, 15) is 23.1 Å². The Bertz CT molecular complexity index is 871. The van der Waals surface area contributed by atoms with Gasteiger partial charge in [0.05, 0.1) is 17.5 Å². The Labute approximate surface area is 160 Å². The maximum atomic E-state index is 12.0. The van der Waals surface area contributed by atoms with Crippen molar-refractivity contribution in [3.63, 3.8) is 0 Å². The number of halogens is 1. The Morgan fingerprint density at radius 2 is 2.00 bits per heavy atom. The van der Waals surface area contributed by atoms with E-state index < -0.39 is 28.1 Å². The van der Waals surface area contributed by atoms with E-state index in [-0.39, 0.29) is 29.2 Å². The lowest BCUT2D eigenvalue weighted by Gasteiger charge is -2.25. The number of carbonyl (C=O) groups excluding carboxylic acids is 2. The van der Waals surface area contributed by atoms with E-state index in [0.29, 0.717) is 16.7 Å². The Hall–Kier alpha value is -1.58. The summed E-state index contributed by atoms with van der Waals surface area (Å²) in [4.78, 5) is 28.3. The zero-order chi connectivity index (χ0) is 18.9. The Kier molecular flexibility index (Phi) is 5.59. The summed E-state index contributed by atoms with van der Waals surface area (Å²) < 4.78 is 23.9. The number of amides is 1. The summed E-state index contributed by atoms with van der Waals surface area (Å²) in [5.41, 5.74) is 0.801. The molecule has 0 spiro atoms.